The fourth-order valence-electron chi connectivity index (χ4n) is 4.92. The molecule has 11 nitrogen and oxygen atoms in total. The third-order valence-corrected chi connectivity index (χ3v) is 7.23. The number of ether oxygens (including phenoxy) is 3. The van der Waals surface area contributed by atoms with E-state index in [0.717, 1.165) is 36.9 Å². The molecule has 3 heterocycles. The summed E-state index contributed by atoms with van der Waals surface area (Å²) in [6.45, 7) is 2.01. The number of hydrogen-bond acceptors (Lipinski definition) is 9. The van der Waals surface area contributed by atoms with E-state index in [1.165, 1.54) is 17.2 Å². The van der Waals surface area contributed by atoms with Crippen LogP contribution in [0.5, 0.6) is 11.6 Å². The molecule has 6 rings (SSSR count). The number of hydrogen-bond donors (Lipinski definition) is 3. The second-order valence-corrected chi connectivity index (χ2v) is 10.3. The van der Waals surface area contributed by atoms with Crippen molar-refractivity contribution in [2.45, 2.75) is 43.7 Å². The zero-order chi connectivity index (χ0) is 25.6. The number of halogens is 1. The molecular formula is C25H29FN6O5. The van der Waals surface area contributed by atoms with E-state index in [0.29, 0.717) is 38.3 Å². The van der Waals surface area contributed by atoms with Crippen LogP contribution in [-0.4, -0.2) is 66.5 Å². The minimum atomic E-state index is -0.510. The van der Waals surface area contributed by atoms with Crippen LogP contribution in [0.25, 0.3) is 0 Å². The first-order chi connectivity index (χ1) is 17.8. The van der Waals surface area contributed by atoms with Crippen LogP contribution in [0.3, 0.4) is 0 Å². The molecule has 1 saturated heterocycles. The Bertz CT molecular complexity index is 1240. The molecule has 2 atom stereocenters. The van der Waals surface area contributed by atoms with Gasteiger partial charge in [-0.2, -0.15) is 0 Å². The van der Waals surface area contributed by atoms with Crippen LogP contribution in [0, 0.1) is 11.7 Å². The predicted octanol–water partition coefficient (Wildman–Crippen LogP) is 1.54. The van der Waals surface area contributed by atoms with Crippen molar-refractivity contribution in [1.82, 2.24) is 15.3 Å². The third kappa shape index (κ3) is 5.16. The van der Waals surface area contributed by atoms with Gasteiger partial charge in [-0.05, 0) is 68.3 Å². The number of rotatable bonds is 9. The molecule has 1 aromatic carbocycles. The average molecular weight is 513 g/mol. The quantitative estimate of drug-likeness (QED) is 0.427. The molecule has 0 spiro atoms. The van der Waals surface area contributed by atoms with Crippen molar-refractivity contribution in [3.05, 3.63) is 35.3 Å². The summed E-state index contributed by atoms with van der Waals surface area (Å²) in [5.74, 6) is 0.987. The van der Waals surface area contributed by atoms with Gasteiger partial charge in [0.2, 0.25) is 0 Å². The number of fused-ring (bicyclic) bond motifs is 2. The van der Waals surface area contributed by atoms with Crippen molar-refractivity contribution in [3.8, 4) is 11.6 Å². The van der Waals surface area contributed by atoms with E-state index in [9.17, 15) is 14.0 Å². The average Bonchev–Trinajstić information content (AvgIpc) is 3.28. The zero-order valence-corrected chi connectivity index (χ0v) is 20.3. The topological polar surface area (TPSA) is 141 Å². The van der Waals surface area contributed by atoms with E-state index in [2.05, 4.69) is 20.6 Å². The molecule has 4 aliphatic rings. The Morgan fingerprint density at radius 1 is 1.30 bits per heavy atom. The van der Waals surface area contributed by atoms with Crippen molar-refractivity contribution in [3.63, 3.8) is 0 Å². The summed E-state index contributed by atoms with van der Waals surface area (Å²) in [4.78, 5) is 33.7. The second kappa shape index (κ2) is 9.42. The zero-order valence-electron chi connectivity index (χ0n) is 20.3. The van der Waals surface area contributed by atoms with E-state index < -0.39 is 6.09 Å². The summed E-state index contributed by atoms with van der Waals surface area (Å²) >= 11 is 0. The highest BCUT2D eigenvalue weighted by atomic mass is 19.1. The minimum Gasteiger partial charge on any atom is -0.492 e. The van der Waals surface area contributed by atoms with Crippen LogP contribution in [0.15, 0.2) is 18.3 Å². The number of aromatic nitrogens is 2. The highest BCUT2D eigenvalue weighted by Gasteiger charge is 2.39. The van der Waals surface area contributed by atoms with Gasteiger partial charge in [0.1, 0.15) is 24.3 Å². The smallest absolute Gasteiger partial charge is 0.415 e. The van der Waals surface area contributed by atoms with Gasteiger partial charge in [-0.15, -0.1) is 0 Å². The minimum absolute atomic E-state index is 0.117. The Balaban J connectivity index is 0.963. The number of nitrogens with two attached hydrogens (primary N) is 1. The van der Waals surface area contributed by atoms with Gasteiger partial charge in [-0.1, -0.05) is 0 Å². The standard InChI is InChI=1S/C25H29FN6O5/c26-19-8-17(36-13-25(27)2-3-25)7-15-5-14(6-18(15)19)9-28-4-1-16-11-32(24(34)37-16)20-10-29-23-22(30-20)31-21(33)12-35-23/h7-8,10,14,16,28H,1-6,9,11-13,27H2,(H,30,31,33). The van der Waals surface area contributed by atoms with E-state index in [1.54, 1.807) is 0 Å². The largest absolute Gasteiger partial charge is 0.492 e. The SMILES string of the molecule is NC1(COc2cc(F)c3c(c2)CC(CNCCC2CN(c4cnc5c(n4)NC(=O)CO5)C(=O)O2)C3)CC1. The maximum atomic E-state index is 14.7. The lowest BCUT2D eigenvalue weighted by Crippen LogP contribution is -2.30. The Morgan fingerprint density at radius 2 is 2.16 bits per heavy atom. The van der Waals surface area contributed by atoms with Crippen LogP contribution < -0.4 is 30.7 Å². The number of nitrogens with one attached hydrogen (secondary N) is 2. The molecule has 0 radical (unpaired) electrons. The first-order valence-corrected chi connectivity index (χ1v) is 12.6. The summed E-state index contributed by atoms with van der Waals surface area (Å²) < 4.78 is 31.1. The summed E-state index contributed by atoms with van der Waals surface area (Å²) in [5, 5.41) is 6.00. The Kier molecular flexibility index (Phi) is 6.07. The number of nitrogens with zero attached hydrogens (tertiary/aromatic N) is 3. The first kappa shape index (κ1) is 23.9. The summed E-state index contributed by atoms with van der Waals surface area (Å²) in [5.41, 5.74) is 7.59. The van der Waals surface area contributed by atoms with E-state index in [4.69, 9.17) is 19.9 Å². The van der Waals surface area contributed by atoms with Crippen LogP contribution in [0.2, 0.25) is 0 Å². The summed E-state index contributed by atoms with van der Waals surface area (Å²) in [6, 6.07) is 3.41. The molecule has 0 bridgehead atoms. The van der Waals surface area contributed by atoms with Crippen LogP contribution in [0.1, 0.15) is 30.4 Å². The highest BCUT2D eigenvalue weighted by molar-refractivity contribution is 5.94. The molecule has 2 unspecified atom stereocenters. The molecule has 2 aromatic rings. The summed E-state index contributed by atoms with van der Waals surface area (Å²) in [7, 11) is 0. The monoisotopic (exact) mass is 512 g/mol. The molecule has 4 N–H and O–H groups in total. The number of cyclic esters (lactones) is 1. The van der Waals surface area contributed by atoms with Crippen molar-refractivity contribution < 1.29 is 28.2 Å². The maximum absolute atomic E-state index is 14.7. The van der Waals surface area contributed by atoms with Crippen molar-refractivity contribution in [2.75, 3.05) is 43.1 Å². The maximum Gasteiger partial charge on any atom is 0.415 e. The first-order valence-electron chi connectivity index (χ1n) is 12.6. The van der Waals surface area contributed by atoms with Crippen LogP contribution in [-0.2, 0) is 22.4 Å². The molecule has 1 saturated carbocycles. The van der Waals surface area contributed by atoms with E-state index in [-0.39, 0.29) is 53.4 Å². The Morgan fingerprint density at radius 3 is 3.00 bits per heavy atom. The van der Waals surface area contributed by atoms with Gasteiger partial charge >= 0.3 is 6.09 Å². The van der Waals surface area contributed by atoms with Gasteiger partial charge in [0, 0.05) is 6.07 Å². The van der Waals surface area contributed by atoms with Crippen molar-refractivity contribution in [1.29, 1.82) is 0 Å². The van der Waals surface area contributed by atoms with Crippen LogP contribution >= 0.6 is 0 Å². The molecule has 2 aliphatic carbocycles. The van der Waals surface area contributed by atoms with Gasteiger partial charge in [-0.25, -0.2) is 19.2 Å². The fourth-order valence-corrected chi connectivity index (χ4v) is 4.92. The number of anilines is 2. The number of benzene rings is 1. The van der Waals surface area contributed by atoms with Gasteiger partial charge in [0.05, 0.1) is 18.3 Å². The lowest BCUT2D eigenvalue weighted by molar-refractivity contribution is -0.118. The summed E-state index contributed by atoms with van der Waals surface area (Å²) in [6.07, 6.45) is 4.58. The molecule has 196 valence electrons. The number of carbonyl (C=O) groups is 2. The molecule has 37 heavy (non-hydrogen) atoms. The molecular weight excluding hydrogens is 483 g/mol. The lowest BCUT2D eigenvalue weighted by atomic mass is 10.1. The predicted molar refractivity (Wildman–Crippen MR) is 130 cm³/mol. The number of amides is 2. The van der Waals surface area contributed by atoms with E-state index >= 15 is 0 Å². The van der Waals surface area contributed by atoms with Gasteiger partial charge in [-0.3, -0.25) is 9.69 Å². The normalized spacial score (nSPS) is 23.1. The molecule has 1 aromatic heterocycles. The Hall–Kier alpha value is -3.51. The van der Waals surface area contributed by atoms with Gasteiger partial charge in [0.15, 0.2) is 18.2 Å². The highest BCUT2D eigenvalue weighted by Crippen LogP contribution is 2.35. The van der Waals surface area contributed by atoms with Crippen molar-refractivity contribution in [2.24, 2.45) is 11.7 Å². The fraction of sp³-hybridized carbons (Fsp3) is 0.520. The van der Waals surface area contributed by atoms with Crippen molar-refractivity contribution >= 4 is 23.6 Å². The molecule has 12 heteroatoms. The molecule has 2 aliphatic heterocycles. The third-order valence-electron chi connectivity index (χ3n) is 7.23. The van der Waals surface area contributed by atoms with Gasteiger partial charge < -0.3 is 30.6 Å². The second-order valence-electron chi connectivity index (χ2n) is 10.3. The van der Waals surface area contributed by atoms with Gasteiger partial charge in [0.25, 0.3) is 11.8 Å². The Labute approximate surface area is 212 Å². The molecule has 2 fully saturated rings. The van der Waals surface area contributed by atoms with E-state index in [1.807, 2.05) is 6.07 Å². The molecule has 2 amide bonds. The lowest BCUT2D eigenvalue weighted by Gasteiger charge is -2.18. The van der Waals surface area contributed by atoms with Crippen LogP contribution in [0.4, 0.5) is 20.8 Å². The number of carbonyl (C=O) groups excluding carboxylic acids is 2.